The number of hydrogen-bond donors (Lipinski definition) is 0. The summed E-state index contributed by atoms with van der Waals surface area (Å²) < 4.78 is 19.4. The van der Waals surface area contributed by atoms with Crippen LogP contribution in [0.2, 0.25) is 5.04 Å². The van der Waals surface area contributed by atoms with Gasteiger partial charge in [0.25, 0.3) is 14.2 Å². The van der Waals surface area contributed by atoms with Crippen molar-refractivity contribution in [2.75, 3.05) is 20.3 Å². The van der Waals surface area contributed by atoms with Gasteiger partial charge in [0.2, 0.25) is 0 Å². The number of fused-ring (bicyclic) bond motifs is 1. The molecule has 1 aliphatic rings. The van der Waals surface area contributed by atoms with E-state index in [4.69, 9.17) is 13.9 Å². The highest BCUT2D eigenvalue weighted by Crippen LogP contribution is 2.39. The summed E-state index contributed by atoms with van der Waals surface area (Å²) in [5.41, 5.74) is 2.17. The number of hydrogen-bond acceptors (Lipinski definition) is 5. The quantitative estimate of drug-likeness (QED) is 0.204. The maximum atomic E-state index is 14.0. The monoisotopic (exact) mass is 644 g/mol. The summed E-state index contributed by atoms with van der Waals surface area (Å²) in [5.74, 6) is 1.16. The zero-order chi connectivity index (χ0) is 29.9. The van der Waals surface area contributed by atoms with Crippen molar-refractivity contribution < 1.29 is 18.7 Å². The van der Waals surface area contributed by atoms with E-state index in [1.165, 1.54) is 10.4 Å². The fourth-order valence-electron chi connectivity index (χ4n) is 5.81. The first-order chi connectivity index (χ1) is 20.2. The number of pyridine rings is 1. The van der Waals surface area contributed by atoms with E-state index < -0.39 is 8.32 Å². The number of carbonyl (C=O) groups is 1. The topological polar surface area (TPSA) is 60.9 Å². The molecule has 1 aromatic heterocycles. The largest absolute Gasteiger partial charge is 0.497 e. The summed E-state index contributed by atoms with van der Waals surface area (Å²) in [6.45, 7) is 9.92. The first kappa shape index (κ1) is 30.0. The molecule has 0 spiro atoms. The highest BCUT2D eigenvalue weighted by molar-refractivity contribution is 9.10. The Kier molecular flexibility index (Phi) is 8.87. The third-order valence-corrected chi connectivity index (χ3v) is 13.5. The summed E-state index contributed by atoms with van der Waals surface area (Å²) in [4.78, 5) is 20.4. The second-order valence-electron chi connectivity index (χ2n) is 11.5. The maximum Gasteiger partial charge on any atom is 0.261 e. The predicted molar refractivity (Wildman–Crippen MR) is 172 cm³/mol. The van der Waals surface area contributed by atoms with Crippen molar-refractivity contribution >= 4 is 40.5 Å². The van der Waals surface area contributed by atoms with Gasteiger partial charge in [-0.25, -0.2) is 0 Å². The van der Waals surface area contributed by atoms with Crippen LogP contribution in [-0.2, 0) is 11.0 Å². The van der Waals surface area contributed by atoms with Gasteiger partial charge >= 0.3 is 0 Å². The molecule has 3 aromatic carbocycles. The Balaban J connectivity index is 1.51. The van der Waals surface area contributed by atoms with Crippen LogP contribution in [0.3, 0.4) is 0 Å². The fourth-order valence-corrected chi connectivity index (χ4v) is 11.0. The molecule has 8 heteroatoms. The number of carbonyl (C=O) groups excluding carboxylic acids is 1. The van der Waals surface area contributed by atoms with E-state index in [-0.39, 0.29) is 17.0 Å². The van der Waals surface area contributed by atoms with Crippen molar-refractivity contribution in [3.63, 3.8) is 0 Å². The molecule has 42 heavy (non-hydrogen) atoms. The highest BCUT2D eigenvalue weighted by Gasteiger charge is 2.50. The van der Waals surface area contributed by atoms with E-state index >= 15 is 0 Å². The Labute approximate surface area is 257 Å². The van der Waals surface area contributed by atoms with Crippen molar-refractivity contribution in [1.29, 1.82) is 0 Å². The molecule has 1 aliphatic heterocycles. The lowest BCUT2D eigenvalue weighted by Crippen LogP contribution is -2.66. The van der Waals surface area contributed by atoms with Crippen molar-refractivity contribution in [3.8, 4) is 11.5 Å². The molecule has 0 fully saturated rings. The van der Waals surface area contributed by atoms with E-state index in [0.29, 0.717) is 36.8 Å². The molecule has 0 saturated carbocycles. The van der Waals surface area contributed by atoms with E-state index in [1.807, 2.05) is 42.2 Å². The van der Waals surface area contributed by atoms with Crippen LogP contribution < -0.4 is 19.8 Å². The Morgan fingerprint density at radius 1 is 1.00 bits per heavy atom. The van der Waals surface area contributed by atoms with Crippen LogP contribution in [0, 0.1) is 0 Å². The summed E-state index contributed by atoms with van der Waals surface area (Å²) in [7, 11) is -1.13. The minimum atomic E-state index is -2.76. The van der Waals surface area contributed by atoms with Gasteiger partial charge in [-0.2, -0.15) is 0 Å². The maximum absolute atomic E-state index is 14.0. The molecule has 0 N–H and O–H groups in total. The highest BCUT2D eigenvalue weighted by atomic mass is 79.9. The normalized spacial score (nSPS) is 14.5. The van der Waals surface area contributed by atoms with E-state index in [9.17, 15) is 4.79 Å². The van der Waals surface area contributed by atoms with Crippen LogP contribution in [0.15, 0.2) is 95.6 Å². The molecular weight excluding hydrogens is 608 g/mol. The van der Waals surface area contributed by atoms with Crippen LogP contribution in [0.5, 0.6) is 11.5 Å². The summed E-state index contributed by atoms with van der Waals surface area (Å²) in [5, 5.41) is 2.26. The minimum Gasteiger partial charge on any atom is -0.497 e. The minimum absolute atomic E-state index is 0.104. The van der Waals surface area contributed by atoms with Crippen LogP contribution in [-0.4, -0.2) is 44.4 Å². The number of ether oxygens (including phenoxy) is 2. The molecule has 4 aromatic rings. The zero-order valence-corrected chi connectivity index (χ0v) is 27.4. The Morgan fingerprint density at radius 3 is 2.24 bits per heavy atom. The number of amides is 1. The average molecular weight is 646 g/mol. The lowest BCUT2D eigenvalue weighted by Gasteiger charge is -2.43. The zero-order valence-electron chi connectivity index (χ0n) is 24.8. The summed E-state index contributed by atoms with van der Waals surface area (Å²) in [6.07, 6.45) is 1.70. The molecule has 0 bridgehead atoms. The molecule has 1 amide bonds. The number of methoxy groups -OCH3 is 1. The molecule has 0 unspecified atom stereocenters. The van der Waals surface area contributed by atoms with Crippen molar-refractivity contribution in [1.82, 2.24) is 9.88 Å². The number of halogens is 1. The Bertz CT molecular complexity index is 1500. The fraction of sp³-hybridized carbons (Fsp3) is 0.294. The van der Waals surface area contributed by atoms with Gasteiger partial charge in [0.1, 0.15) is 18.1 Å². The van der Waals surface area contributed by atoms with E-state index in [0.717, 1.165) is 15.7 Å². The van der Waals surface area contributed by atoms with Gasteiger partial charge in [-0.3, -0.25) is 9.78 Å². The van der Waals surface area contributed by atoms with Gasteiger partial charge in [0.05, 0.1) is 42.0 Å². The van der Waals surface area contributed by atoms with Crippen molar-refractivity contribution in [3.05, 3.63) is 112 Å². The van der Waals surface area contributed by atoms with Gasteiger partial charge in [0.15, 0.2) is 0 Å². The number of benzene rings is 3. The third kappa shape index (κ3) is 5.76. The van der Waals surface area contributed by atoms with Crippen LogP contribution in [0.25, 0.3) is 0 Å². The number of rotatable bonds is 8. The average Bonchev–Trinajstić information content (AvgIpc) is 3.16. The molecule has 5 rings (SSSR count). The number of aromatic nitrogens is 1. The lowest BCUT2D eigenvalue weighted by molar-refractivity contribution is 0.0684. The predicted octanol–water partition coefficient (Wildman–Crippen LogP) is 6.53. The van der Waals surface area contributed by atoms with Crippen LogP contribution in [0.1, 0.15) is 55.4 Å². The van der Waals surface area contributed by atoms with Gasteiger partial charge in [-0.05, 0) is 62.0 Å². The first-order valence-corrected chi connectivity index (χ1v) is 16.9. The smallest absolute Gasteiger partial charge is 0.261 e. The molecule has 1 atom stereocenters. The molecule has 2 heterocycles. The SMILES string of the molecule is COc1ccnc([C@H](C)N2CCOc3c(Br)cc(CO[Si](c4ccccc4)(c4ccccc4)C(C)(C)C)cc3C2=O)c1. The third-order valence-electron chi connectivity index (χ3n) is 7.93. The lowest BCUT2D eigenvalue weighted by atomic mass is 10.1. The molecular formula is C34H37BrN2O4Si. The molecule has 0 saturated heterocycles. The van der Waals surface area contributed by atoms with Crippen LogP contribution >= 0.6 is 15.9 Å². The Morgan fingerprint density at radius 2 is 1.64 bits per heavy atom. The van der Waals surface area contributed by atoms with Crippen molar-refractivity contribution in [2.45, 2.75) is 45.4 Å². The van der Waals surface area contributed by atoms with E-state index in [2.05, 4.69) is 90.2 Å². The van der Waals surface area contributed by atoms with Gasteiger partial charge < -0.3 is 18.8 Å². The van der Waals surface area contributed by atoms with Gasteiger partial charge in [-0.1, -0.05) is 81.4 Å². The van der Waals surface area contributed by atoms with Crippen LogP contribution in [0.4, 0.5) is 0 Å². The summed E-state index contributed by atoms with van der Waals surface area (Å²) >= 11 is 3.70. The molecule has 6 nitrogen and oxygen atoms in total. The Hall–Kier alpha value is -3.46. The van der Waals surface area contributed by atoms with Gasteiger partial charge in [0, 0.05) is 12.3 Å². The molecule has 0 radical (unpaired) electrons. The summed E-state index contributed by atoms with van der Waals surface area (Å²) in [6, 6.07) is 28.5. The van der Waals surface area contributed by atoms with E-state index in [1.54, 1.807) is 19.4 Å². The second-order valence-corrected chi connectivity index (χ2v) is 16.7. The van der Waals surface area contributed by atoms with Gasteiger partial charge in [-0.15, -0.1) is 0 Å². The molecule has 218 valence electrons. The standard InChI is InChI=1S/C34H37BrN2O4Si/c1-24(31-22-26(39-5)16-17-36-31)37-18-19-40-32-29(33(37)38)20-25(21-30(32)35)23-41-42(34(2,3)4,27-12-8-6-9-13-27)28-14-10-7-11-15-28/h6-17,20-22,24H,18-19,23H2,1-5H3/t24-/m0/s1. The second kappa shape index (κ2) is 12.4. The molecule has 0 aliphatic carbocycles. The first-order valence-electron chi connectivity index (χ1n) is 14.2. The van der Waals surface area contributed by atoms with Crippen molar-refractivity contribution in [2.24, 2.45) is 0 Å². The number of nitrogens with zero attached hydrogens (tertiary/aromatic N) is 2.